The highest BCUT2D eigenvalue weighted by Gasteiger charge is 2.20. The molecule has 0 fully saturated rings. The van der Waals surface area contributed by atoms with Gasteiger partial charge in [-0.1, -0.05) is 359 Å². The summed E-state index contributed by atoms with van der Waals surface area (Å²) >= 11 is 0. The van der Waals surface area contributed by atoms with Crippen LogP contribution in [0.1, 0.15) is 418 Å². The summed E-state index contributed by atoms with van der Waals surface area (Å²) in [5, 5.41) is 23.5. The maximum atomic E-state index is 12.6. The fourth-order valence-corrected chi connectivity index (χ4v) is 11.8. The first-order chi connectivity index (χ1) is 40.0. The van der Waals surface area contributed by atoms with Crippen molar-refractivity contribution >= 4 is 11.9 Å². The lowest BCUT2D eigenvalue weighted by molar-refractivity contribution is -0.143. The molecule has 0 aliphatic carbocycles. The lowest BCUT2D eigenvalue weighted by Gasteiger charge is -2.22. The average Bonchev–Trinajstić information content (AvgIpc) is 3.47. The van der Waals surface area contributed by atoms with Crippen molar-refractivity contribution in [2.45, 2.75) is 431 Å². The molecular weight excluding hydrogens is 995 g/mol. The van der Waals surface area contributed by atoms with E-state index in [1.54, 1.807) is 0 Å². The van der Waals surface area contributed by atoms with Gasteiger partial charge >= 0.3 is 5.97 Å². The number of unbranched alkanes of at least 4 members (excludes halogenated alkanes) is 55. The summed E-state index contributed by atoms with van der Waals surface area (Å²) in [4.78, 5) is 24.6. The first-order valence-corrected chi connectivity index (χ1v) is 37.1. The van der Waals surface area contributed by atoms with Crippen molar-refractivity contribution in [3.8, 4) is 0 Å². The van der Waals surface area contributed by atoms with E-state index < -0.39 is 12.1 Å². The molecule has 81 heavy (non-hydrogen) atoms. The van der Waals surface area contributed by atoms with Crippen LogP contribution >= 0.6 is 0 Å². The molecule has 0 saturated heterocycles. The first kappa shape index (κ1) is 79.3. The zero-order chi connectivity index (χ0) is 58.5. The van der Waals surface area contributed by atoms with Gasteiger partial charge in [-0.3, -0.25) is 9.59 Å². The Morgan fingerprint density at radius 3 is 0.914 bits per heavy atom. The van der Waals surface area contributed by atoms with Crippen molar-refractivity contribution in [1.29, 1.82) is 0 Å². The van der Waals surface area contributed by atoms with Crippen molar-refractivity contribution in [2.75, 3.05) is 13.2 Å². The number of aliphatic hydroxyl groups excluding tert-OH is 2. The summed E-state index contributed by atoms with van der Waals surface area (Å²) in [6, 6.07) is -0.542. The Morgan fingerprint density at radius 2 is 0.593 bits per heavy atom. The molecule has 0 saturated carbocycles. The summed E-state index contributed by atoms with van der Waals surface area (Å²) in [5.41, 5.74) is 0. The second-order valence-corrected chi connectivity index (χ2v) is 25.6. The van der Waals surface area contributed by atoms with Gasteiger partial charge < -0.3 is 20.3 Å². The molecule has 0 radical (unpaired) electrons. The Bertz CT molecular complexity index is 1270. The van der Waals surface area contributed by atoms with Crippen molar-refractivity contribution in [2.24, 2.45) is 0 Å². The molecule has 2 atom stereocenters. The molecular formula is C75H145NO5. The first-order valence-electron chi connectivity index (χ1n) is 37.1. The van der Waals surface area contributed by atoms with Gasteiger partial charge in [0, 0.05) is 12.8 Å². The van der Waals surface area contributed by atoms with Crippen LogP contribution in [0.25, 0.3) is 0 Å². The van der Waals surface area contributed by atoms with Crippen LogP contribution in [-0.4, -0.2) is 47.4 Å². The van der Waals surface area contributed by atoms with Crippen LogP contribution < -0.4 is 5.32 Å². The highest BCUT2D eigenvalue weighted by molar-refractivity contribution is 5.76. The molecule has 0 spiro atoms. The van der Waals surface area contributed by atoms with Crippen LogP contribution in [0, 0.1) is 0 Å². The number of nitrogens with one attached hydrogen (secondary N) is 1. The zero-order valence-corrected chi connectivity index (χ0v) is 55.0. The number of hydrogen-bond donors (Lipinski definition) is 3. The number of carbonyl (C=O) groups excluding carboxylic acids is 2. The van der Waals surface area contributed by atoms with Crippen molar-refractivity contribution in [3.63, 3.8) is 0 Å². The van der Waals surface area contributed by atoms with Crippen molar-refractivity contribution in [1.82, 2.24) is 5.32 Å². The van der Waals surface area contributed by atoms with Gasteiger partial charge in [0.15, 0.2) is 0 Å². The van der Waals surface area contributed by atoms with E-state index in [2.05, 4.69) is 43.5 Å². The number of esters is 1. The quantitative estimate of drug-likeness (QED) is 0.0320. The predicted octanol–water partition coefficient (Wildman–Crippen LogP) is 24.1. The lowest BCUT2D eigenvalue weighted by atomic mass is 10.0. The van der Waals surface area contributed by atoms with E-state index in [1.807, 2.05) is 0 Å². The number of aliphatic hydroxyl groups is 2. The van der Waals surface area contributed by atoms with E-state index in [1.165, 1.54) is 340 Å². The third-order valence-electron chi connectivity index (χ3n) is 17.5. The summed E-state index contributed by atoms with van der Waals surface area (Å²) in [7, 11) is 0. The molecule has 0 rings (SSSR count). The third-order valence-corrected chi connectivity index (χ3v) is 17.5. The number of rotatable bonds is 70. The molecule has 2 unspecified atom stereocenters. The number of ether oxygens (including phenoxy) is 1. The highest BCUT2D eigenvalue weighted by atomic mass is 16.5. The molecule has 6 heteroatoms. The molecule has 480 valence electrons. The average molecular weight is 1140 g/mol. The van der Waals surface area contributed by atoms with E-state index in [0.29, 0.717) is 25.9 Å². The van der Waals surface area contributed by atoms with Crippen LogP contribution in [0.2, 0.25) is 0 Å². The maximum Gasteiger partial charge on any atom is 0.305 e. The van der Waals surface area contributed by atoms with Crippen LogP contribution in [0.15, 0.2) is 24.3 Å². The molecule has 0 aliphatic heterocycles. The summed E-state index contributed by atoms with van der Waals surface area (Å²) in [5.74, 6) is -0.0228. The van der Waals surface area contributed by atoms with Crippen LogP contribution in [0.4, 0.5) is 0 Å². The maximum absolute atomic E-state index is 12.6. The monoisotopic (exact) mass is 1140 g/mol. The van der Waals surface area contributed by atoms with Gasteiger partial charge in [-0.25, -0.2) is 0 Å². The fourth-order valence-electron chi connectivity index (χ4n) is 11.8. The summed E-state index contributed by atoms with van der Waals surface area (Å²) in [6.07, 6.45) is 89.6. The third kappa shape index (κ3) is 67.3. The molecule has 6 nitrogen and oxygen atoms in total. The molecule has 0 aromatic carbocycles. The van der Waals surface area contributed by atoms with E-state index in [-0.39, 0.29) is 18.5 Å². The standard InChI is InChI=1S/C75H145NO5/c1-3-5-7-9-11-13-15-16-17-18-19-20-21-29-32-35-38-41-44-48-51-55-59-63-67-73(78)72(71-77)76-74(79)68-64-60-56-52-49-45-42-39-36-33-30-27-25-23-22-24-26-28-31-34-37-40-43-46-50-54-58-62-66-70-81-75(80)69-65-61-57-53-47-14-12-10-8-6-4-2/h10,12,22,24,72-73,77-78H,3-9,11,13-21,23,25-71H2,1-2H3,(H,76,79)/b12-10-,24-22-. The Kier molecular flexibility index (Phi) is 69.4. The molecule has 1 amide bonds. The number of carbonyl (C=O) groups is 2. The van der Waals surface area contributed by atoms with Crippen molar-refractivity contribution < 1.29 is 24.5 Å². The smallest absolute Gasteiger partial charge is 0.305 e. The normalized spacial score (nSPS) is 12.6. The van der Waals surface area contributed by atoms with E-state index >= 15 is 0 Å². The van der Waals surface area contributed by atoms with Gasteiger partial charge in [0.05, 0.1) is 25.4 Å². The number of amides is 1. The number of allylic oxidation sites excluding steroid dienone is 4. The fraction of sp³-hybridized carbons (Fsp3) is 0.920. The number of hydrogen-bond acceptors (Lipinski definition) is 5. The minimum Gasteiger partial charge on any atom is -0.466 e. The molecule has 0 aromatic rings. The molecule has 0 bridgehead atoms. The van der Waals surface area contributed by atoms with E-state index in [4.69, 9.17) is 4.74 Å². The van der Waals surface area contributed by atoms with Gasteiger partial charge in [0.25, 0.3) is 0 Å². The van der Waals surface area contributed by atoms with E-state index in [0.717, 1.165) is 44.9 Å². The topological polar surface area (TPSA) is 95.9 Å². The van der Waals surface area contributed by atoms with Gasteiger partial charge in [-0.05, 0) is 70.6 Å². The minimum absolute atomic E-state index is 0.00613. The molecule has 3 N–H and O–H groups in total. The Hall–Kier alpha value is -1.66. The predicted molar refractivity (Wildman–Crippen MR) is 356 cm³/mol. The SMILES string of the molecule is CCCC/C=C\CCCCCCCC(=O)OCCCCCCCCCCCCCC/C=C\CCCCCCCCCCCCCCCC(=O)NC(CO)C(O)CCCCCCCCCCCCCCCCCCCCCCCCCC. The minimum atomic E-state index is -0.665. The largest absolute Gasteiger partial charge is 0.466 e. The Balaban J connectivity index is 3.38. The van der Waals surface area contributed by atoms with E-state index in [9.17, 15) is 19.8 Å². The second kappa shape index (κ2) is 70.8. The Labute approximate surface area is 507 Å². The van der Waals surface area contributed by atoms with Gasteiger partial charge in [0.2, 0.25) is 5.91 Å². The molecule has 0 aliphatic rings. The van der Waals surface area contributed by atoms with Gasteiger partial charge in [-0.2, -0.15) is 0 Å². The van der Waals surface area contributed by atoms with Crippen molar-refractivity contribution in [3.05, 3.63) is 24.3 Å². The highest BCUT2D eigenvalue weighted by Crippen LogP contribution is 2.19. The lowest BCUT2D eigenvalue weighted by Crippen LogP contribution is -2.45. The molecule has 0 heterocycles. The second-order valence-electron chi connectivity index (χ2n) is 25.6. The summed E-state index contributed by atoms with van der Waals surface area (Å²) in [6.45, 7) is 4.96. The van der Waals surface area contributed by atoms with Gasteiger partial charge in [0.1, 0.15) is 0 Å². The zero-order valence-electron chi connectivity index (χ0n) is 55.0. The van der Waals surface area contributed by atoms with Crippen LogP contribution in [-0.2, 0) is 14.3 Å². The van der Waals surface area contributed by atoms with Gasteiger partial charge in [-0.15, -0.1) is 0 Å². The van der Waals surface area contributed by atoms with Crippen LogP contribution in [0.5, 0.6) is 0 Å². The summed E-state index contributed by atoms with van der Waals surface area (Å²) < 4.78 is 5.47. The van der Waals surface area contributed by atoms with Crippen LogP contribution in [0.3, 0.4) is 0 Å². The molecule has 0 aromatic heterocycles. The Morgan fingerprint density at radius 1 is 0.333 bits per heavy atom.